The van der Waals surface area contributed by atoms with E-state index < -0.39 is 5.97 Å². The van der Waals surface area contributed by atoms with E-state index in [1.807, 2.05) is 13.0 Å². The largest absolute Gasteiger partial charge is 0.477 e. The third-order valence-corrected chi connectivity index (χ3v) is 2.87. The van der Waals surface area contributed by atoms with Gasteiger partial charge in [-0.1, -0.05) is 0 Å². The standard InChI is InChI=1S/C11H9IN2O2/c1-7-2-3-13-5-10(7)14-6-8(12)4-9(14)11(15)16/h2-6H,1H3,(H,15,16). The molecule has 0 radical (unpaired) electrons. The average Bonchev–Trinajstić information content (AvgIpc) is 2.61. The molecule has 0 saturated carbocycles. The number of carboxylic acids is 1. The zero-order valence-electron chi connectivity index (χ0n) is 8.51. The second-order valence-corrected chi connectivity index (χ2v) is 4.63. The van der Waals surface area contributed by atoms with Crippen LogP contribution in [0.4, 0.5) is 0 Å². The van der Waals surface area contributed by atoms with E-state index in [0.29, 0.717) is 0 Å². The second-order valence-electron chi connectivity index (χ2n) is 3.38. The number of rotatable bonds is 2. The minimum atomic E-state index is -0.939. The van der Waals surface area contributed by atoms with Crippen molar-refractivity contribution in [2.45, 2.75) is 6.92 Å². The van der Waals surface area contributed by atoms with Gasteiger partial charge in [0.2, 0.25) is 0 Å². The molecule has 0 amide bonds. The quantitative estimate of drug-likeness (QED) is 0.862. The molecule has 0 aliphatic heterocycles. The molecule has 0 unspecified atom stereocenters. The van der Waals surface area contributed by atoms with Gasteiger partial charge in [0.05, 0.1) is 11.9 Å². The summed E-state index contributed by atoms with van der Waals surface area (Å²) < 4.78 is 2.53. The van der Waals surface area contributed by atoms with E-state index in [9.17, 15) is 4.79 Å². The molecule has 5 heteroatoms. The fraction of sp³-hybridized carbons (Fsp3) is 0.0909. The van der Waals surface area contributed by atoms with Crippen molar-refractivity contribution in [2.24, 2.45) is 0 Å². The molecule has 4 nitrogen and oxygen atoms in total. The van der Waals surface area contributed by atoms with Gasteiger partial charge in [0.25, 0.3) is 0 Å². The van der Waals surface area contributed by atoms with Gasteiger partial charge in [-0.05, 0) is 47.2 Å². The van der Waals surface area contributed by atoms with Gasteiger partial charge in [-0.25, -0.2) is 4.79 Å². The van der Waals surface area contributed by atoms with E-state index in [4.69, 9.17) is 5.11 Å². The number of pyridine rings is 1. The maximum Gasteiger partial charge on any atom is 0.352 e. The van der Waals surface area contributed by atoms with Crippen LogP contribution in [-0.4, -0.2) is 20.6 Å². The molecule has 16 heavy (non-hydrogen) atoms. The van der Waals surface area contributed by atoms with Crippen molar-refractivity contribution < 1.29 is 9.90 Å². The minimum absolute atomic E-state index is 0.250. The summed E-state index contributed by atoms with van der Waals surface area (Å²) >= 11 is 2.09. The van der Waals surface area contributed by atoms with Crippen molar-refractivity contribution in [2.75, 3.05) is 0 Å². The zero-order chi connectivity index (χ0) is 11.7. The average molecular weight is 328 g/mol. The maximum absolute atomic E-state index is 11.1. The van der Waals surface area contributed by atoms with Crippen molar-refractivity contribution in [3.63, 3.8) is 0 Å². The van der Waals surface area contributed by atoms with E-state index >= 15 is 0 Å². The Morgan fingerprint density at radius 2 is 2.31 bits per heavy atom. The fourth-order valence-corrected chi connectivity index (χ4v) is 2.08. The lowest BCUT2D eigenvalue weighted by molar-refractivity contribution is 0.0688. The molecule has 0 fully saturated rings. The molecule has 82 valence electrons. The SMILES string of the molecule is Cc1ccncc1-n1cc(I)cc1C(=O)O. The van der Waals surface area contributed by atoms with Gasteiger partial charge < -0.3 is 9.67 Å². The highest BCUT2D eigenvalue weighted by Gasteiger charge is 2.13. The van der Waals surface area contributed by atoms with Crippen molar-refractivity contribution in [3.8, 4) is 5.69 Å². The summed E-state index contributed by atoms with van der Waals surface area (Å²) in [6, 6.07) is 3.49. The number of carboxylic acid groups (broad SMARTS) is 1. The molecule has 0 saturated heterocycles. The molecular formula is C11H9IN2O2. The summed E-state index contributed by atoms with van der Waals surface area (Å²) in [7, 11) is 0. The molecule has 0 aliphatic rings. The Morgan fingerprint density at radius 3 is 2.94 bits per heavy atom. The first-order valence-electron chi connectivity index (χ1n) is 4.62. The zero-order valence-corrected chi connectivity index (χ0v) is 10.7. The molecule has 0 spiro atoms. The first kappa shape index (κ1) is 11.1. The normalized spacial score (nSPS) is 10.4. The molecule has 2 aromatic rings. The van der Waals surface area contributed by atoms with Gasteiger partial charge in [0.1, 0.15) is 5.69 Å². The Balaban J connectivity index is 2.64. The number of hydrogen-bond acceptors (Lipinski definition) is 2. The Hall–Kier alpha value is -1.37. The summed E-state index contributed by atoms with van der Waals surface area (Å²) in [6.45, 7) is 1.93. The van der Waals surface area contributed by atoms with Gasteiger partial charge in [0, 0.05) is 16.0 Å². The van der Waals surface area contributed by atoms with Crippen LogP contribution in [-0.2, 0) is 0 Å². The highest BCUT2D eigenvalue weighted by molar-refractivity contribution is 14.1. The summed E-state index contributed by atoms with van der Waals surface area (Å²) in [4.78, 5) is 15.1. The number of aromatic nitrogens is 2. The molecule has 0 atom stereocenters. The molecule has 2 rings (SSSR count). The highest BCUT2D eigenvalue weighted by Crippen LogP contribution is 2.19. The predicted octanol–water partition coefficient (Wildman–Crippen LogP) is 2.48. The van der Waals surface area contributed by atoms with Crippen molar-refractivity contribution in [1.82, 2.24) is 9.55 Å². The Morgan fingerprint density at radius 1 is 1.56 bits per heavy atom. The van der Waals surface area contributed by atoms with Crippen molar-refractivity contribution in [1.29, 1.82) is 0 Å². The third kappa shape index (κ3) is 1.95. The Bertz CT molecular complexity index is 549. The summed E-state index contributed by atoms with van der Waals surface area (Å²) in [5.41, 5.74) is 2.04. The number of halogens is 1. The molecule has 0 aromatic carbocycles. The second kappa shape index (κ2) is 4.25. The van der Waals surface area contributed by atoms with E-state index in [1.165, 1.54) is 0 Å². The van der Waals surface area contributed by atoms with Crippen molar-refractivity contribution >= 4 is 28.6 Å². The van der Waals surface area contributed by atoms with Crippen LogP contribution in [0.25, 0.3) is 5.69 Å². The maximum atomic E-state index is 11.1. The van der Waals surface area contributed by atoms with Crippen LogP contribution in [0.15, 0.2) is 30.7 Å². The monoisotopic (exact) mass is 328 g/mol. The molecule has 2 aromatic heterocycles. The molecule has 0 aliphatic carbocycles. The van der Waals surface area contributed by atoms with Gasteiger partial charge >= 0.3 is 5.97 Å². The van der Waals surface area contributed by atoms with Crippen LogP contribution in [0.2, 0.25) is 0 Å². The molecule has 2 heterocycles. The van der Waals surface area contributed by atoms with E-state index in [0.717, 1.165) is 14.8 Å². The van der Waals surface area contributed by atoms with Crippen LogP contribution in [0, 0.1) is 10.5 Å². The third-order valence-electron chi connectivity index (χ3n) is 2.28. The van der Waals surface area contributed by atoms with Crippen LogP contribution in [0.3, 0.4) is 0 Å². The van der Waals surface area contributed by atoms with Crippen LogP contribution in [0.1, 0.15) is 16.1 Å². The highest BCUT2D eigenvalue weighted by atomic mass is 127. The fourth-order valence-electron chi connectivity index (χ4n) is 1.50. The van der Waals surface area contributed by atoms with E-state index in [1.54, 1.807) is 29.2 Å². The number of aryl methyl sites for hydroxylation is 1. The lowest BCUT2D eigenvalue weighted by Crippen LogP contribution is -2.06. The van der Waals surface area contributed by atoms with Crippen LogP contribution in [0.5, 0.6) is 0 Å². The smallest absolute Gasteiger partial charge is 0.352 e. The summed E-state index contributed by atoms with van der Waals surface area (Å²) in [5, 5.41) is 9.09. The van der Waals surface area contributed by atoms with Gasteiger partial charge in [0.15, 0.2) is 0 Å². The lowest BCUT2D eigenvalue weighted by atomic mass is 10.2. The summed E-state index contributed by atoms with van der Waals surface area (Å²) in [6.07, 6.45) is 5.14. The number of aromatic carboxylic acids is 1. The molecular weight excluding hydrogens is 319 g/mol. The van der Waals surface area contributed by atoms with E-state index in [2.05, 4.69) is 27.6 Å². The first-order valence-corrected chi connectivity index (χ1v) is 5.69. The molecule has 1 N–H and O–H groups in total. The number of carbonyl (C=O) groups is 1. The number of nitrogens with zero attached hydrogens (tertiary/aromatic N) is 2. The molecule has 0 bridgehead atoms. The Kier molecular flexibility index (Phi) is 2.95. The van der Waals surface area contributed by atoms with Crippen LogP contribution < -0.4 is 0 Å². The lowest BCUT2D eigenvalue weighted by Gasteiger charge is -2.08. The topological polar surface area (TPSA) is 55.1 Å². The first-order chi connectivity index (χ1) is 7.59. The van der Waals surface area contributed by atoms with E-state index in [-0.39, 0.29) is 5.69 Å². The van der Waals surface area contributed by atoms with Gasteiger partial charge in [-0.3, -0.25) is 4.98 Å². The Labute approximate surface area is 106 Å². The van der Waals surface area contributed by atoms with Crippen LogP contribution >= 0.6 is 22.6 Å². The summed E-state index contributed by atoms with van der Waals surface area (Å²) in [5.74, 6) is -0.939. The minimum Gasteiger partial charge on any atom is -0.477 e. The number of hydrogen-bond donors (Lipinski definition) is 1. The van der Waals surface area contributed by atoms with Gasteiger partial charge in [-0.15, -0.1) is 0 Å². The van der Waals surface area contributed by atoms with Crippen molar-refractivity contribution in [3.05, 3.63) is 45.6 Å². The predicted molar refractivity (Wildman–Crippen MR) is 68.0 cm³/mol. The van der Waals surface area contributed by atoms with Gasteiger partial charge in [-0.2, -0.15) is 0 Å².